The van der Waals surface area contributed by atoms with Gasteiger partial charge in [0, 0.05) is 23.4 Å². The summed E-state index contributed by atoms with van der Waals surface area (Å²) >= 11 is 6.16. The summed E-state index contributed by atoms with van der Waals surface area (Å²) in [7, 11) is 1.49. The number of halogens is 1. The lowest BCUT2D eigenvalue weighted by atomic mass is 10.2. The Kier molecular flexibility index (Phi) is 7.58. The number of hydrogen-bond acceptors (Lipinski definition) is 7. The van der Waals surface area contributed by atoms with E-state index in [1.165, 1.54) is 37.6 Å². The molecule has 0 radical (unpaired) electrons. The van der Waals surface area contributed by atoms with E-state index in [-0.39, 0.29) is 18.0 Å². The lowest BCUT2D eigenvalue weighted by Gasteiger charge is -2.11. The first-order chi connectivity index (χ1) is 13.4. The number of methoxy groups -OCH3 is 1. The van der Waals surface area contributed by atoms with Crippen LogP contribution in [0.25, 0.3) is 0 Å². The highest BCUT2D eigenvalue weighted by molar-refractivity contribution is 6.32. The van der Waals surface area contributed by atoms with E-state index in [1.807, 2.05) is 6.92 Å². The molecule has 0 saturated heterocycles. The largest absolute Gasteiger partial charge is 0.493 e. The lowest BCUT2D eigenvalue weighted by Crippen LogP contribution is -2.17. The van der Waals surface area contributed by atoms with Gasteiger partial charge in [0.2, 0.25) is 0 Å². The summed E-state index contributed by atoms with van der Waals surface area (Å²) in [4.78, 5) is 27.0. The molecule has 0 atom stereocenters. The first-order valence-corrected chi connectivity index (χ1v) is 8.52. The zero-order valence-electron chi connectivity index (χ0n) is 15.2. The molecule has 2 rings (SSSR count). The predicted molar refractivity (Wildman–Crippen MR) is 104 cm³/mol. The highest BCUT2D eigenvalue weighted by Crippen LogP contribution is 2.35. The van der Waals surface area contributed by atoms with Gasteiger partial charge in [-0.15, -0.1) is 0 Å². The topological polar surface area (TPSA) is 112 Å². The van der Waals surface area contributed by atoms with E-state index < -0.39 is 10.8 Å². The molecule has 0 aliphatic carbocycles. The van der Waals surface area contributed by atoms with E-state index in [0.717, 1.165) is 0 Å². The monoisotopic (exact) mass is 407 g/mol. The van der Waals surface area contributed by atoms with Gasteiger partial charge in [0.1, 0.15) is 0 Å². The molecule has 0 bridgehead atoms. The van der Waals surface area contributed by atoms with E-state index >= 15 is 0 Å². The van der Waals surface area contributed by atoms with Crippen molar-refractivity contribution in [2.75, 3.05) is 25.6 Å². The van der Waals surface area contributed by atoms with E-state index in [9.17, 15) is 14.9 Å². The van der Waals surface area contributed by atoms with Crippen LogP contribution in [-0.4, -0.2) is 37.4 Å². The van der Waals surface area contributed by atoms with Crippen LogP contribution in [0.2, 0.25) is 5.02 Å². The first kappa shape index (κ1) is 21.0. The molecule has 0 aliphatic rings. The minimum atomic E-state index is -0.549. The van der Waals surface area contributed by atoms with Crippen LogP contribution in [0.15, 0.2) is 41.6 Å². The van der Waals surface area contributed by atoms with Crippen molar-refractivity contribution in [2.24, 2.45) is 5.16 Å². The fraction of sp³-hybridized carbons (Fsp3) is 0.222. The zero-order valence-corrected chi connectivity index (χ0v) is 15.9. The molecule has 0 heterocycles. The Morgan fingerprint density at radius 2 is 2.14 bits per heavy atom. The molecule has 10 heteroatoms. The molecule has 28 heavy (non-hydrogen) atoms. The fourth-order valence-corrected chi connectivity index (χ4v) is 2.46. The minimum absolute atomic E-state index is 0.127. The molecule has 0 fully saturated rings. The molecule has 9 nitrogen and oxygen atoms in total. The second-order valence-electron chi connectivity index (χ2n) is 5.33. The summed E-state index contributed by atoms with van der Waals surface area (Å²) in [6.45, 7) is 1.89. The molecule has 0 aliphatic heterocycles. The number of ether oxygens (including phenoxy) is 2. The molecule has 0 saturated carbocycles. The number of nitro groups is 1. The summed E-state index contributed by atoms with van der Waals surface area (Å²) in [5.74, 6) is 0.361. The van der Waals surface area contributed by atoms with Crippen molar-refractivity contribution in [1.82, 2.24) is 0 Å². The Morgan fingerprint density at radius 1 is 1.36 bits per heavy atom. The number of nitro benzene ring substituents is 1. The van der Waals surface area contributed by atoms with Crippen molar-refractivity contribution < 1.29 is 24.0 Å². The van der Waals surface area contributed by atoms with Crippen LogP contribution >= 0.6 is 11.6 Å². The summed E-state index contributed by atoms with van der Waals surface area (Å²) in [6, 6.07) is 8.85. The van der Waals surface area contributed by atoms with Crippen LogP contribution in [0.5, 0.6) is 11.5 Å². The highest BCUT2D eigenvalue weighted by atomic mass is 35.5. The second kappa shape index (κ2) is 10.1. The maximum Gasteiger partial charge on any atom is 0.271 e. The number of nitrogens with zero attached hydrogens (tertiary/aromatic N) is 2. The fourth-order valence-electron chi connectivity index (χ4n) is 2.19. The third-order valence-corrected chi connectivity index (χ3v) is 3.63. The normalized spacial score (nSPS) is 10.5. The van der Waals surface area contributed by atoms with Crippen molar-refractivity contribution in [3.05, 3.63) is 57.1 Å². The maximum absolute atomic E-state index is 11.8. The number of oxime groups is 1. The zero-order chi connectivity index (χ0) is 20.5. The maximum atomic E-state index is 11.8. The number of carbonyl (C=O) groups excluding carboxylic acids is 1. The van der Waals surface area contributed by atoms with Gasteiger partial charge in [-0.05, 0) is 25.1 Å². The van der Waals surface area contributed by atoms with Gasteiger partial charge in [-0.25, -0.2) is 0 Å². The van der Waals surface area contributed by atoms with E-state index in [0.29, 0.717) is 28.7 Å². The molecule has 148 valence electrons. The average Bonchev–Trinajstić information content (AvgIpc) is 2.67. The first-order valence-electron chi connectivity index (χ1n) is 8.14. The van der Waals surface area contributed by atoms with Crippen LogP contribution in [0.1, 0.15) is 12.5 Å². The highest BCUT2D eigenvalue weighted by Gasteiger charge is 2.11. The van der Waals surface area contributed by atoms with Crippen molar-refractivity contribution in [3.8, 4) is 11.5 Å². The Balaban J connectivity index is 1.93. The number of hydrogen-bond donors (Lipinski definition) is 1. The summed E-state index contributed by atoms with van der Waals surface area (Å²) in [5.41, 5.74) is 0.747. The molecular weight excluding hydrogens is 390 g/mol. The SMILES string of the molecule is CCOc1c(Cl)cc(/C=N\OCC(=O)Nc2cccc([N+](=O)[O-])c2)cc1OC. The lowest BCUT2D eigenvalue weighted by molar-refractivity contribution is -0.384. The van der Waals surface area contributed by atoms with Gasteiger partial charge in [-0.3, -0.25) is 14.9 Å². The Hall–Kier alpha value is -3.33. The molecule has 1 N–H and O–H groups in total. The van der Waals surface area contributed by atoms with Gasteiger partial charge in [-0.1, -0.05) is 22.8 Å². The number of carbonyl (C=O) groups is 1. The molecule has 0 unspecified atom stereocenters. The summed E-state index contributed by atoms with van der Waals surface area (Å²) in [6.07, 6.45) is 1.37. The molecule has 2 aromatic rings. The van der Waals surface area contributed by atoms with Gasteiger partial charge in [-0.2, -0.15) is 0 Å². The summed E-state index contributed by atoms with van der Waals surface area (Å²) in [5, 5.41) is 17.3. The van der Waals surface area contributed by atoms with Gasteiger partial charge in [0.15, 0.2) is 18.1 Å². The van der Waals surface area contributed by atoms with E-state index in [4.69, 9.17) is 25.9 Å². The third-order valence-electron chi connectivity index (χ3n) is 3.35. The molecular formula is C18H18ClN3O6. The van der Waals surface area contributed by atoms with Crippen LogP contribution in [0.4, 0.5) is 11.4 Å². The second-order valence-corrected chi connectivity index (χ2v) is 5.74. The van der Waals surface area contributed by atoms with Crippen molar-refractivity contribution in [1.29, 1.82) is 0 Å². The Labute approximate surface area is 166 Å². The number of rotatable bonds is 9. The summed E-state index contributed by atoms with van der Waals surface area (Å²) < 4.78 is 10.7. The number of nitrogens with one attached hydrogen (secondary N) is 1. The molecule has 0 aromatic heterocycles. The predicted octanol–water partition coefficient (Wildman–Crippen LogP) is 3.64. The number of benzene rings is 2. The van der Waals surface area contributed by atoms with Crippen LogP contribution in [-0.2, 0) is 9.63 Å². The van der Waals surface area contributed by atoms with Crippen LogP contribution in [0.3, 0.4) is 0 Å². The Morgan fingerprint density at radius 3 is 2.82 bits per heavy atom. The smallest absolute Gasteiger partial charge is 0.271 e. The molecule has 2 aromatic carbocycles. The van der Waals surface area contributed by atoms with Crippen LogP contribution in [0, 0.1) is 10.1 Å². The van der Waals surface area contributed by atoms with Crippen molar-refractivity contribution >= 4 is 35.1 Å². The van der Waals surface area contributed by atoms with Crippen molar-refractivity contribution in [2.45, 2.75) is 6.92 Å². The third kappa shape index (κ3) is 5.85. The standard InChI is InChI=1S/C18H18ClN3O6/c1-3-27-18-15(19)7-12(8-16(18)26-2)10-20-28-11-17(23)21-13-5-4-6-14(9-13)22(24)25/h4-10H,3,11H2,1-2H3,(H,21,23)/b20-10-. The molecule has 0 spiro atoms. The van der Waals surface area contributed by atoms with Gasteiger partial charge in [0.05, 0.1) is 29.9 Å². The molecule has 1 amide bonds. The quantitative estimate of drug-likeness (QED) is 0.385. The number of amides is 1. The van der Waals surface area contributed by atoms with Crippen molar-refractivity contribution in [3.63, 3.8) is 0 Å². The minimum Gasteiger partial charge on any atom is -0.493 e. The van der Waals surface area contributed by atoms with Crippen LogP contribution < -0.4 is 14.8 Å². The Bertz CT molecular complexity index is 888. The van der Waals surface area contributed by atoms with Gasteiger partial charge >= 0.3 is 0 Å². The number of anilines is 1. The number of non-ortho nitro benzene ring substituents is 1. The van der Waals surface area contributed by atoms with E-state index in [2.05, 4.69) is 10.5 Å². The van der Waals surface area contributed by atoms with E-state index in [1.54, 1.807) is 12.1 Å². The average molecular weight is 408 g/mol. The van der Waals surface area contributed by atoms with Gasteiger partial charge < -0.3 is 19.6 Å². The van der Waals surface area contributed by atoms with Gasteiger partial charge in [0.25, 0.3) is 11.6 Å².